The van der Waals surface area contributed by atoms with Crippen molar-refractivity contribution in [3.05, 3.63) is 23.8 Å². The molecule has 2 aromatic rings. The Morgan fingerprint density at radius 2 is 2.17 bits per heavy atom. The number of nitrogens with one attached hydrogen (secondary N) is 1. The molecule has 1 amide bonds. The zero-order valence-electron chi connectivity index (χ0n) is 12.4. The second kappa shape index (κ2) is 6.90. The number of fused-ring (bicyclic) bond motifs is 1. The van der Waals surface area contributed by atoms with Gasteiger partial charge in [0.1, 0.15) is 5.75 Å². The van der Waals surface area contributed by atoms with Crippen molar-refractivity contribution in [2.24, 2.45) is 0 Å². The van der Waals surface area contributed by atoms with Gasteiger partial charge in [0.05, 0.1) is 10.9 Å². The lowest BCUT2D eigenvalue weighted by atomic mass is 10.1. The smallest absolute Gasteiger partial charge is 0.262 e. The van der Waals surface area contributed by atoms with Crippen LogP contribution >= 0.6 is 34.9 Å². The monoisotopic (exact) mass is 367 g/mol. The highest BCUT2D eigenvalue weighted by Crippen LogP contribution is 2.33. The summed E-state index contributed by atoms with van der Waals surface area (Å²) >= 11 is 4.39. The molecule has 2 heterocycles. The normalized spacial score (nSPS) is 14.6. The van der Waals surface area contributed by atoms with E-state index in [1.165, 1.54) is 34.9 Å². The van der Waals surface area contributed by atoms with Gasteiger partial charge in [-0.3, -0.25) is 9.59 Å². The molecule has 0 unspecified atom stereocenters. The number of nitrogens with zero attached hydrogens (tertiary/aromatic N) is 2. The first kappa shape index (κ1) is 16.3. The Bertz CT molecular complexity index is 763. The molecule has 6 nitrogen and oxygen atoms in total. The summed E-state index contributed by atoms with van der Waals surface area (Å²) in [4.78, 5) is 23.9. The zero-order valence-corrected chi connectivity index (χ0v) is 14.8. The van der Waals surface area contributed by atoms with Gasteiger partial charge in [-0.05, 0) is 31.4 Å². The van der Waals surface area contributed by atoms with Gasteiger partial charge in [-0.1, -0.05) is 34.9 Å². The molecule has 0 aliphatic carbocycles. The fraction of sp³-hybridized carbons (Fsp3) is 0.286. The van der Waals surface area contributed by atoms with Crippen molar-refractivity contribution in [1.29, 1.82) is 0 Å². The van der Waals surface area contributed by atoms with E-state index in [1.807, 2.05) is 13.2 Å². The summed E-state index contributed by atoms with van der Waals surface area (Å²) in [6.45, 7) is 1.84. The number of thioether (sulfide) groups is 2. The molecule has 1 aromatic carbocycles. The Morgan fingerprint density at radius 1 is 1.39 bits per heavy atom. The fourth-order valence-electron chi connectivity index (χ4n) is 2.00. The van der Waals surface area contributed by atoms with Gasteiger partial charge in [-0.25, -0.2) is 0 Å². The Kier molecular flexibility index (Phi) is 4.88. The zero-order chi connectivity index (χ0) is 16.4. The highest BCUT2D eigenvalue weighted by atomic mass is 32.2. The molecule has 1 aromatic heterocycles. The minimum atomic E-state index is -0.295. The van der Waals surface area contributed by atoms with Crippen LogP contribution in [-0.4, -0.2) is 40.0 Å². The number of benzene rings is 1. The molecule has 0 spiro atoms. The molecular weight excluding hydrogens is 354 g/mol. The van der Waals surface area contributed by atoms with Crippen LogP contribution in [0.4, 0.5) is 5.69 Å². The van der Waals surface area contributed by atoms with E-state index in [0.717, 1.165) is 8.68 Å². The van der Waals surface area contributed by atoms with Crippen molar-refractivity contribution >= 4 is 52.2 Å². The third-order valence-electron chi connectivity index (χ3n) is 3.11. The van der Waals surface area contributed by atoms with Crippen molar-refractivity contribution in [1.82, 2.24) is 10.2 Å². The maximum Gasteiger partial charge on any atom is 0.262 e. The van der Waals surface area contributed by atoms with Crippen molar-refractivity contribution < 1.29 is 14.3 Å². The summed E-state index contributed by atoms with van der Waals surface area (Å²) in [7, 11) is 0. The molecule has 1 N–H and O–H groups in total. The first-order valence-corrected chi connectivity index (χ1v) is 9.64. The van der Waals surface area contributed by atoms with Crippen molar-refractivity contribution in [3.8, 4) is 5.75 Å². The standard InChI is InChI=1S/C14H13N3O3S3/c1-7(22-14-17-16-13(21-2)23-14)12(19)8-3-4-10-9(5-8)15-11(18)6-20-10/h3-5,7H,6H2,1-2H3,(H,15,18)/t7-/m1/s1. The Labute approximate surface area is 145 Å². The molecule has 9 heteroatoms. The summed E-state index contributed by atoms with van der Waals surface area (Å²) in [5.74, 6) is 0.330. The second-order valence-electron chi connectivity index (χ2n) is 4.71. The molecule has 3 rings (SSSR count). The predicted octanol–water partition coefficient (Wildman–Crippen LogP) is 2.95. The number of ketones is 1. The highest BCUT2D eigenvalue weighted by Gasteiger charge is 2.22. The van der Waals surface area contributed by atoms with Crippen LogP contribution in [0.1, 0.15) is 17.3 Å². The molecule has 0 saturated heterocycles. The number of carbonyl (C=O) groups excluding carboxylic acids is 2. The number of carbonyl (C=O) groups is 2. The van der Waals surface area contributed by atoms with Gasteiger partial charge < -0.3 is 10.1 Å². The molecule has 0 bridgehead atoms. The van der Waals surface area contributed by atoms with E-state index >= 15 is 0 Å². The summed E-state index contributed by atoms with van der Waals surface area (Å²) in [5, 5.41) is 10.5. The predicted molar refractivity (Wildman–Crippen MR) is 91.9 cm³/mol. The van der Waals surface area contributed by atoms with E-state index in [9.17, 15) is 9.59 Å². The molecule has 1 aliphatic heterocycles. The van der Waals surface area contributed by atoms with Gasteiger partial charge >= 0.3 is 0 Å². The second-order valence-corrected chi connectivity index (χ2v) is 8.33. The maximum absolute atomic E-state index is 12.6. The first-order chi connectivity index (χ1) is 11.1. The van der Waals surface area contributed by atoms with Gasteiger partial charge in [-0.2, -0.15) is 0 Å². The maximum atomic E-state index is 12.6. The van der Waals surface area contributed by atoms with Crippen molar-refractivity contribution in [3.63, 3.8) is 0 Å². The fourth-order valence-corrected chi connectivity index (χ4v) is 4.66. The third kappa shape index (κ3) is 3.67. The summed E-state index contributed by atoms with van der Waals surface area (Å²) in [6.07, 6.45) is 1.94. The molecule has 0 fully saturated rings. The molecule has 1 aliphatic rings. The number of hydrogen-bond acceptors (Lipinski definition) is 8. The number of anilines is 1. The molecule has 0 saturated carbocycles. The summed E-state index contributed by atoms with van der Waals surface area (Å²) < 4.78 is 6.94. The minimum absolute atomic E-state index is 0.00136. The number of Topliss-reactive ketones (excluding diaryl/α,β-unsaturated/α-hetero) is 1. The van der Waals surface area contributed by atoms with E-state index in [0.29, 0.717) is 17.0 Å². The van der Waals surface area contributed by atoms with Gasteiger partial charge in [0.25, 0.3) is 5.91 Å². The van der Waals surface area contributed by atoms with E-state index in [1.54, 1.807) is 18.2 Å². The SMILES string of the molecule is CSc1nnc(S[C@H](C)C(=O)c2ccc3c(c2)NC(=O)CO3)s1. The van der Waals surface area contributed by atoms with Gasteiger partial charge in [-0.15, -0.1) is 10.2 Å². The summed E-state index contributed by atoms with van der Waals surface area (Å²) in [6, 6.07) is 5.07. The molecule has 23 heavy (non-hydrogen) atoms. The van der Waals surface area contributed by atoms with Crippen LogP contribution in [0.5, 0.6) is 5.75 Å². The topological polar surface area (TPSA) is 81.2 Å². The average molecular weight is 367 g/mol. The Morgan fingerprint density at radius 3 is 2.91 bits per heavy atom. The van der Waals surface area contributed by atoms with Crippen LogP contribution in [0, 0.1) is 0 Å². The third-order valence-corrected chi connectivity index (χ3v) is 6.19. The lowest BCUT2D eigenvalue weighted by Gasteiger charge is -2.18. The van der Waals surface area contributed by atoms with Crippen LogP contribution in [0.3, 0.4) is 0 Å². The van der Waals surface area contributed by atoms with Gasteiger partial charge in [0, 0.05) is 5.56 Å². The van der Waals surface area contributed by atoms with Gasteiger partial charge in [0.2, 0.25) is 0 Å². The van der Waals surface area contributed by atoms with E-state index in [-0.39, 0.29) is 23.5 Å². The molecule has 1 atom stereocenters. The van der Waals surface area contributed by atoms with Crippen LogP contribution in [-0.2, 0) is 4.79 Å². The van der Waals surface area contributed by atoms with Crippen LogP contribution < -0.4 is 10.1 Å². The van der Waals surface area contributed by atoms with E-state index in [2.05, 4.69) is 15.5 Å². The van der Waals surface area contributed by atoms with E-state index in [4.69, 9.17) is 4.74 Å². The lowest BCUT2D eigenvalue weighted by Crippen LogP contribution is -2.25. The number of amides is 1. The van der Waals surface area contributed by atoms with Crippen LogP contribution in [0.15, 0.2) is 26.9 Å². The number of hydrogen-bond donors (Lipinski definition) is 1. The number of ether oxygens (including phenoxy) is 1. The van der Waals surface area contributed by atoms with Crippen LogP contribution in [0.25, 0.3) is 0 Å². The lowest BCUT2D eigenvalue weighted by molar-refractivity contribution is -0.118. The quantitative estimate of drug-likeness (QED) is 0.643. The van der Waals surface area contributed by atoms with E-state index < -0.39 is 0 Å². The Hall–Kier alpha value is -1.58. The minimum Gasteiger partial charge on any atom is -0.482 e. The summed E-state index contributed by atoms with van der Waals surface area (Å²) in [5.41, 5.74) is 1.06. The molecule has 120 valence electrons. The number of rotatable bonds is 5. The average Bonchev–Trinajstić information content (AvgIpc) is 3.01. The first-order valence-electron chi connectivity index (χ1n) is 6.72. The molecular formula is C14H13N3O3S3. The molecule has 0 radical (unpaired) electrons. The van der Waals surface area contributed by atoms with Crippen molar-refractivity contribution in [2.75, 3.05) is 18.2 Å². The highest BCUT2D eigenvalue weighted by molar-refractivity contribution is 8.03. The van der Waals surface area contributed by atoms with Crippen LogP contribution in [0.2, 0.25) is 0 Å². The largest absolute Gasteiger partial charge is 0.482 e. The Balaban J connectivity index is 1.74. The number of aromatic nitrogens is 2. The van der Waals surface area contributed by atoms with Crippen molar-refractivity contribution in [2.45, 2.75) is 20.9 Å². The van der Waals surface area contributed by atoms with Gasteiger partial charge in [0.15, 0.2) is 21.1 Å².